The van der Waals surface area contributed by atoms with Gasteiger partial charge in [0.15, 0.2) is 0 Å². The van der Waals surface area contributed by atoms with Crippen LogP contribution in [0.3, 0.4) is 0 Å². The lowest BCUT2D eigenvalue weighted by Crippen LogP contribution is -2.36. The third kappa shape index (κ3) is 5.36. The molecule has 7 heteroatoms. The number of halogens is 3. The smallest absolute Gasteiger partial charge is 0.416 e. The topological polar surface area (TPSA) is 42.4 Å². The standard InChI is InChI=1S/C30H33F3N2O2/c1-6-20-10-8-11-21(7-2)28(20)24-17-26(37-18(3)4)27(19(5)34-24)29(36)35-15-9-12-22-13-14-23(16-25(22)35)30(31,32)33/h8,10-11,13-14,16-18H,6-7,9,12,15H2,1-5H3. The summed E-state index contributed by atoms with van der Waals surface area (Å²) >= 11 is 0. The molecule has 2 aromatic carbocycles. The molecule has 1 amide bonds. The molecule has 1 aliphatic rings. The SMILES string of the molecule is CCc1cccc(CC)c1-c1cc(OC(C)C)c(C(=O)N2CCCc3ccc(C(F)(F)F)cc32)c(C)n1. The van der Waals surface area contributed by atoms with Crippen molar-refractivity contribution in [1.82, 2.24) is 4.98 Å². The number of carbonyl (C=O) groups is 1. The first-order valence-electron chi connectivity index (χ1n) is 12.9. The van der Waals surface area contributed by atoms with Gasteiger partial charge in [-0.05, 0) is 75.3 Å². The third-order valence-electron chi connectivity index (χ3n) is 6.77. The molecule has 0 bridgehead atoms. The van der Waals surface area contributed by atoms with Crippen molar-refractivity contribution < 1.29 is 22.7 Å². The number of rotatable bonds is 6. The number of pyridine rings is 1. The maximum Gasteiger partial charge on any atom is 0.416 e. The van der Waals surface area contributed by atoms with Crippen LogP contribution in [0.25, 0.3) is 11.3 Å². The highest BCUT2D eigenvalue weighted by molar-refractivity contribution is 6.09. The molecule has 37 heavy (non-hydrogen) atoms. The quantitative estimate of drug-likeness (QED) is 0.343. The third-order valence-corrected chi connectivity index (χ3v) is 6.77. The molecular weight excluding hydrogens is 477 g/mol. The molecule has 1 aliphatic heterocycles. The number of anilines is 1. The molecular formula is C30H33F3N2O2. The van der Waals surface area contributed by atoms with E-state index in [1.54, 1.807) is 6.92 Å². The van der Waals surface area contributed by atoms with E-state index in [4.69, 9.17) is 9.72 Å². The molecule has 0 spiro atoms. The second kappa shape index (κ2) is 10.6. The number of hydrogen-bond acceptors (Lipinski definition) is 3. The van der Waals surface area contributed by atoms with Crippen LogP contribution in [0.4, 0.5) is 18.9 Å². The van der Waals surface area contributed by atoms with E-state index in [1.165, 1.54) is 11.0 Å². The number of hydrogen-bond donors (Lipinski definition) is 0. The highest BCUT2D eigenvalue weighted by Gasteiger charge is 2.34. The maximum absolute atomic E-state index is 14.0. The van der Waals surface area contributed by atoms with Crippen molar-refractivity contribution in [3.05, 3.63) is 76.0 Å². The number of amides is 1. The number of carbonyl (C=O) groups excluding carboxylic acids is 1. The minimum atomic E-state index is -4.49. The summed E-state index contributed by atoms with van der Waals surface area (Å²) in [6.45, 7) is 10.0. The molecule has 3 aromatic rings. The highest BCUT2D eigenvalue weighted by atomic mass is 19.4. The Hall–Kier alpha value is -3.35. The summed E-state index contributed by atoms with van der Waals surface area (Å²) < 4.78 is 46.6. The van der Waals surface area contributed by atoms with Gasteiger partial charge in [-0.3, -0.25) is 9.78 Å². The van der Waals surface area contributed by atoms with Gasteiger partial charge >= 0.3 is 6.18 Å². The van der Waals surface area contributed by atoms with E-state index >= 15 is 0 Å². The Bertz CT molecular complexity index is 1290. The van der Waals surface area contributed by atoms with Crippen molar-refractivity contribution in [2.24, 2.45) is 0 Å². The summed E-state index contributed by atoms with van der Waals surface area (Å²) in [5, 5.41) is 0. The number of fused-ring (bicyclic) bond motifs is 1. The van der Waals surface area contributed by atoms with Crippen molar-refractivity contribution >= 4 is 11.6 Å². The van der Waals surface area contributed by atoms with Gasteiger partial charge in [-0.25, -0.2) is 0 Å². The van der Waals surface area contributed by atoms with Gasteiger partial charge in [0.25, 0.3) is 5.91 Å². The lowest BCUT2D eigenvalue weighted by molar-refractivity contribution is -0.137. The molecule has 0 N–H and O–H groups in total. The minimum Gasteiger partial charge on any atom is -0.490 e. The molecule has 2 heterocycles. The Morgan fingerprint density at radius 3 is 2.35 bits per heavy atom. The Morgan fingerprint density at radius 2 is 1.76 bits per heavy atom. The molecule has 0 saturated carbocycles. The second-order valence-electron chi connectivity index (χ2n) is 9.69. The van der Waals surface area contributed by atoms with Crippen LogP contribution in [0.15, 0.2) is 42.5 Å². The molecule has 0 atom stereocenters. The highest BCUT2D eigenvalue weighted by Crippen LogP contribution is 2.38. The van der Waals surface area contributed by atoms with E-state index in [1.807, 2.05) is 26.0 Å². The summed E-state index contributed by atoms with van der Waals surface area (Å²) in [5.41, 5.74) is 5.13. The van der Waals surface area contributed by atoms with Crippen LogP contribution in [-0.4, -0.2) is 23.5 Å². The van der Waals surface area contributed by atoms with Crippen molar-refractivity contribution in [2.75, 3.05) is 11.4 Å². The Kier molecular flexibility index (Phi) is 7.62. The van der Waals surface area contributed by atoms with Crippen LogP contribution >= 0.6 is 0 Å². The second-order valence-corrected chi connectivity index (χ2v) is 9.69. The van der Waals surface area contributed by atoms with Crippen molar-refractivity contribution in [3.8, 4) is 17.0 Å². The Balaban J connectivity index is 1.86. The number of ether oxygens (including phenoxy) is 1. The number of benzene rings is 2. The lowest BCUT2D eigenvalue weighted by Gasteiger charge is -2.31. The van der Waals surface area contributed by atoms with Crippen LogP contribution < -0.4 is 9.64 Å². The fourth-order valence-electron chi connectivity index (χ4n) is 5.05. The first-order chi connectivity index (χ1) is 17.5. The van der Waals surface area contributed by atoms with Gasteiger partial charge in [0, 0.05) is 23.9 Å². The largest absolute Gasteiger partial charge is 0.490 e. The van der Waals surface area contributed by atoms with Gasteiger partial charge < -0.3 is 9.64 Å². The molecule has 4 rings (SSSR count). The number of aryl methyl sites for hydroxylation is 4. The zero-order valence-electron chi connectivity index (χ0n) is 22.0. The lowest BCUT2D eigenvalue weighted by atomic mass is 9.93. The van der Waals surface area contributed by atoms with Gasteiger partial charge in [0.2, 0.25) is 0 Å². The van der Waals surface area contributed by atoms with Crippen molar-refractivity contribution in [2.45, 2.75) is 72.6 Å². The molecule has 1 aromatic heterocycles. The normalized spacial score (nSPS) is 13.6. The first-order valence-corrected chi connectivity index (χ1v) is 12.9. The maximum atomic E-state index is 14.0. The van der Waals surface area contributed by atoms with Crippen LogP contribution in [0.5, 0.6) is 5.75 Å². The number of aromatic nitrogens is 1. The summed E-state index contributed by atoms with van der Waals surface area (Å²) in [7, 11) is 0. The molecule has 4 nitrogen and oxygen atoms in total. The fraction of sp³-hybridized carbons (Fsp3) is 0.400. The number of alkyl halides is 3. The monoisotopic (exact) mass is 510 g/mol. The Labute approximate surface area is 216 Å². The summed E-state index contributed by atoms with van der Waals surface area (Å²) in [5.74, 6) is 0.00141. The predicted molar refractivity (Wildman–Crippen MR) is 140 cm³/mol. The summed E-state index contributed by atoms with van der Waals surface area (Å²) in [6.07, 6.45) is -1.75. The molecule has 0 aliphatic carbocycles. The van der Waals surface area contributed by atoms with E-state index in [0.717, 1.165) is 52.9 Å². The van der Waals surface area contributed by atoms with E-state index in [2.05, 4.69) is 26.0 Å². The van der Waals surface area contributed by atoms with Gasteiger partial charge in [-0.2, -0.15) is 13.2 Å². The number of nitrogens with zero attached hydrogens (tertiary/aromatic N) is 2. The molecule has 0 fully saturated rings. The van der Waals surface area contributed by atoms with Crippen molar-refractivity contribution in [1.29, 1.82) is 0 Å². The van der Waals surface area contributed by atoms with Crippen LogP contribution in [0, 0.1) is 6.92 Å². The van der Waals surface area contributed by atoms with E-state index < -0.39 is 17.6 Å². The van der Waals surface area contributed by atoms with Crippen molar-refractivity contribution in [3.63, 3.8) is 0 Å². The zero-order valence-corrected chi connectivity index (χ0v) is 22.0. The van der Waals surface area contributed by atoms with E-state index in [9.17, 15) is 18.0 Å². The Morgan fingerprint density at radius 1 is 1.08 bits per heavy atom. The van der Waals surface area contributed by atoms with E-state index in [-0.39, 0.29) is 11.7 Å². The summed E-state index contributed by atoms with van der Waals surface area (Å²) in [4.78, 5) is 20.3. The van der Waals surface area contributed by atoms with E-state index in [0.29, 0.717) is 36.5 Å². The first kappa shape index (κ1) is 26.7. The van der Waals surface area contributed by atoms with Crippen LogP contribution in [0.2, 0.25) is 0 Å². The molecule has 0 radical (unpaired) electrons. The van der Waals surface area contributed by atoms with Gasteiger partial charge in [-0.15, -0.1) is 0 Å². The average Bonchev–Trinajstić information content (AvgIpc) is 2.86. The average molecular weight is 511 g/mol. The minimum absolute atomic E-state index is 0.210. The molecule has 0 saturated heterocycles. The predicted octanol–water partition coefficient (Wildman–Crippen LogP) is 7.58. The fourth-order valence-corrected chi connectivity index (χ4v) is 5.05. The molecule has 0 unspecified atom stereocenters. The van der Waals surface area contributed by atoms with Crippen LogP contribution in [-0.2, 0) is 25.4 Å². The van der Waals surface area contributed by atoms with Gasteiger partial charge in [0.1, 0.15) is 11.3 Å². The van der Waals surface area contributed by atoms with Gasteiger partial charge in [-0.1, -0.05) is 38.1 Å². The summed E-state index contributed by atoms with van der Waals surface area (Å²) in [6, 6.07) is 11.7. The molecule has 196 valence electrons. The van der Waals surface area contributed by atoms with Gasteiger partial charge in [0.05, 0.1) is 23.1 Å². The van der Waals surface area contributed by atoms with Crippen LogP contribution in [0.1, 0.15) is 72.4 Å². The zero-order chi connectivity index (χ0) is 26.9.